The van der Waals surface area contributed by atoms with Crippen molar-refractivity contribution in [1.82, 2.24) is 10.2 Å². The van der Waals surface area contributed by atoms with Gasteiger partial charge in [-0.1, -0.05) is 11.6 Å². The maximum Gasteiger partial charge on any atom is 0.409 e. The Kier molecular flexibility index (Phi) is 7.07. The summed E-state index contributed by atoms with van der Waals surface area (Å²) >= 11 is 5.84. The van der Waals surface area contributed by atoms with Gasteiger partial charge < -0.3 is 20.3 Å². The van der Waals surface area contributed by atoms with Crippen LogP contribution in [0.15, 0.2) is 24.3 Å². The van der Waals surface area contributed by atoms with Gasteiger partial charge in [0.15, 0.2) is 0 Å². The molecule has 0 aliphatic carbocycles. The van der Waals surface area contributed by atoms with Gasteiger partial charge in [-0.15, -0.1) is 0 Å². The van der Waals surface area contributed by atoms with Crippen LogP contribution in [0.4, 0.5) is 10.5 Å². The number of nitrogens with zero attached hydrogens (tertiary/aromatic N) is 1. The summed E-state index contributed by atoms with van der Waals surface area (Å²) in [5.74, 6) is -0.741. The Balaban J connectivity index is 1.87. The lowest BCUT2D eigenvalue weighted by Crippen LogP contribution is -2.52. The van der Waals surface area contributed by atoms with Crippen LogP contribution in [-0.4, -0.2) is 48.5 Å². The van der Waals surface area contributed by atoms with Crippen LogP contribution in [0.25, 0.3) is 0 Å². The fraction of sp³-hybridized carbons (Fsp3) is 0.526. The van der Waals surface area contributed by atoms with E-state index in [9.17, 15) is 14.4 Å². The molecule has 0 saturated carbocycles. The Bertz CT molecular complexity index is 683. The number of carbonyl (C=O) groups is 3. The highest BCUT2D eigenvalue weighted by atomic mass is 35.5. The Labute approximate surface area is 164 Å². The number of halogens is 1. The van der Waals surface area contributed by atoms with Gasteiger partial charge in [0.25, 0.3) is 0 Å². The normalized spacial score (nSPS) is 15.2. The summed E-state index contributed by atoms with van der Waals surface area (Å²) in [4.78, 5) is 38.5. The second-order valence-corrected chi connectivity index (χ2v) is 7.46. The fourth-order valence-corrected chi connectivity index (χ4v) is 2.84. The van der Waals surface area contributed by atoms with Gasteiger partial charge in [0.05, 0.1) is 6.61 Å². The van der Waals surface area contributed by atoms with Crippen molar-refractivity contribution in [2.75, 3.05) is 25.0 Å². The zero-order valence-electron chi connectivity index (χ0n) is 15.9. The number of carbonyl (C=O) groups excluding carboxylic acids is 3. The van der Waals surface area contributed by atoms with Gasteiger partial charge in [0.2, 0.25) is 11.8 Å². The van der Waals surface area contributed by atoms with E-state index in [1.807, 2.05) is 0 Å². The topological polar surface area (TPSA) is 87.7 Å². The van der Waals surface area contributed by atoms with Crippen LogP contribution in [0, 0.1) is 5.41 Å². The molecule has 2 rings (SSSR count). The molecular formula is C19H26ClN3O4. The molecule has 1 aromatic carbocycles. The number of nitrogens with one attached hydrogen (secondary N) is 2. The maximum atomic E-state index is 12.6. The molecule has 1 aliphatic heterocycles. The second-order valence-electron chi connectivity index (χ2n) is 7.02. The first-order valence-corrected chi connectivity index (χ1v) is 9.41. The Morgan fingerprint density at radius 1 is 1.15 bits per heavy atom. The summed E-state index contributed by atoms with van der Waals surface area (Å²) < 4.78 is 4.99. The molecule has 7 nitrogen and oxygen atoms in total. The minimum atomic E-state index is -1.24. The van der Waals surface area contributed by atoms with E-state index in [0.717, 1.165) is 0 Å². The molecule has 0 atom stereocenters. The van der Waals surface area contributed by atoms with Gasteiger partial charge in [0.1, 0.15) is 5.41 Å². The van der Waals surface area contributed by atoms with Crippen molar-refractivity contribution in [3.63, 3.8) is 0 Å². The van der Waals surface area contributed by atoms with Gasteiger partial charge in [-0.3, -0.25) is 9.59 Å². The lowest BCUT2D eigenvalue weighted by Gasteiger charge is -2.33. The van der Waals surface area contributed by atoms with Gasteiger partial charge in [-0.2, -0.15) is 0 Å². The number of ether oxygens (including phenoxy) is 1. The predicted octanol–water partition coefficient (Wildman–Crippen LogP) is 3.04. The van der Waals surface area contributed by atoms with Crippen LogP contribution in [0.5, 0.6) is 0 Å². The first-order valence-electron chi connectivity index (χ1n) is 9.03. The van der Waals surface area contributed by atoms with Crippen LogP contribution in [0.1, 0.15) is 33.6 Å². The van der Waals surface area contributed by atoms with Crippen molar-refractivity contribution in [3.05, 3.63) is 29.3 Å². The molecule has 148 valence electrons. The van der Waals surface area contributed by atoms with Gasteiger partial charge in [0, 0.05) is 29.8 Å². The first kappa shape index (κ1) is 21.0. The number of piperidine rings is 1. The fourth-order valence-electron chi connectivity index (χ4n) is 2.71. The van der Waals surface area contributed by atoms with Crippen LogP contribution < -0.4 is 10.6 Å². The molecule has 0 radical (unpaired) electrons. The third kappa shape index (κ3) is 5.60. The number of likely N-dealkylation sites (tertiary alicyclic amines) is 1. The first-order chi connectivity index (χ1) is 12.7. The second kappa shape index (κ2) is 9.08. The summed E-state index contributed by atoms with van der Waals surface area (Å²) in [5.41, 5.74) is -0.661. The average molecular weight is 396 g/mol. The molecule has 27 heavy (non-hydrogen) atoms. The molecular weight excluding hydrogens is 370 g/mol. The Morgan fingerprint density at radius 3 is 2.30 bits per heavy atom. The Hall–Kier alpha value is -2.28. The molecule has 0 aromatic heterocycles. The third-order valence-corrected chi connectivity index (χ3v) is 4.85. The highest BCUT2D eigenvalue weighted by molar-refractivity contribution is 6.30. The van der Waals surface area contributed by atoms with E-state index in [-0.39, 0.29) is 18.0 Å². The summed E-state index contributed by atoms with van der Waals surface area (Å²) in [5, 5.41) is 6.23. The molecule has 1 aromatic rings. The predicted molar refractivity (Wildman–Crippen MR) is 104 cm³/mol. The standard InChI is InChI=1S/C19H26ClN3O4/c1-4-27-18(26)23-11-9-15(10-12-23)22-17(25)19(2,3)16(24)21-14-7-5-13(20)6-8-14/h5-8,15H,4,9-12H2,1-3H3,(H,21,24)(H,22,25). The van der Waals surface area contributed by atoms with E-state index in [1.165, 1.54) is 0 Å². The van der Waals surface area contributed by atoms with Crippen LogP contribution in [0.2, 0.25) is 5.02 Å². The number of benzene rings is 1. The summed E-state index contributed by atoms with van der Waals surface area (Å²) in [6, 6.07) is 6.62. The third-order valence-electron chi connectivity index (χ3n) is 4.59. The lowest BCUT2D eigenvalue weighted by molar-refractivity contribution is -0.139. The molecule has 2 N–H and O–H groups in total. The van der Waals surface area contributed by atoms with Crippen molar-refractivity contribution in [2.24, 2.45) is 5.41 Å². The van der Waals surface area contributed by atoms with Crippen LogP contribution in [-0.2, 0) is 14.3 Å². The molecule has 8 heteroatoms. The molecule has 0 bridgehead atoms. The summed E-state index contributed by atoms with van der Waals surface area (Å²) in [7, 11) is 0. The van der Waals surface area contributed by atoms with Crippen molar-refractivity contribution in [1.29, 1.82) is 0 Å². The van der Waals surface area contributed by atoms with Crippen molar-refractivity contribution in [2.45, 2.75) is 39.7 Å². The SMILES string of the molecule is CCOC(=O)N1CCC(NC(=O)C(C)(C)C(=O)Nc2ccc(Cl)cc2)CC1. The molecule has 1 saturated heterocycles. The number of anilines is 1. The van der Waals surface area contributed by atoms with E-state index in [2.05, 4.69) is 10.6 Å². The van der Waals surface area contributed by atoms with E-state index in [0.29, 0.717) is 43.2 Å². The van der Waals surface area contributed by atoms with Gasteiger partial charge in [-0.25, -0.2) is 4.79 Å². The highest BCUT2D eigenvalue weighted by Gasteiger charge is 2.37. The Morgan fingerprint density at radius 2 is 1.74 bits per heavy atom. The van der Waals surface area contributed by atoms with Gasteiger partial charge >= 0.3 is 6.09 Å². The minimum Gasteiger partial charge on any atom is -0.450 e. The van der Waals surface area contributed by atoms with E-state index >= 15 is 0 Å². The van der Waals surface area contributed by atoms with Crippen molar-refractivity contribution in [3.8, 4) is 0 Å². The molecule has 0 spiro atoms. The average Bonchev–Trinajstić information content (AvgIpc) is 2.64. The van der Waals surface area contributed by atoms with E-state index < -0.39 is 11.3 Å². The van der Waals surface area contributed by atoms with Gasteiger partial charge in [-0.05, 0) is 57.9 Å². The van der Waals surface area contributed by atoms with Crippen LogP contribution >= 0.6 is 11.6 Å². The molecule has 1 aliphatic rings. The van der Waals surface area contributed by atoms with E-state index in [4.69, 9.17) is 16.3 Å². The molecule has 1 fully saturated rings. The van der Waals surface area contributed by atoms with Crippen molar-refractivity contribution >= 4 is 35.2 Å². The summed E-state index contributed by atoms with van der Waals surface area (Å²) in [6.07, 6.45) is 0.920. The minimum absolute atomic E-state index is 0.0780. The summed E-state index contributed by atoms with van der Waals surface area (Å²) in [6.45, 7) is 6.31. The molecule has 3 amide bonds. The number of amides is 3. The largest absolute Gasteiger partial charge is 0.450 e. The number of hydrogen-bond donors (Lipinski definition) is 2. The quantitative estimate of drug-likeness (QED) is 0.750. The monoisotopic (exact) mass is 395 g/mol. The molecule has 1 heterocycles. The zero-order valence-corrected chi connectivity index (χ0v) is 16.6. The van der Waals surface area contributed by atoms with Crippen LogP contribution in [0.3, 0.4) is 0 Å². The maximum absolute atomic E-state index is 12.6. The number of hydrogen-bond acceptors (Lipinski definition) is 4. The van der Waals surface area contributed by atoms with E-state index in [1.54, 1.807) is 49.9 Å². The van der Waals surface area contributed by atoms with Crippen molar-refractivity contribution < 1.29 is 19.1 Å². The highest BCUT2D eigenvalue weighted by Crippen LogP contribution is 2.22. The smallest absolute Gasteiger partial charge is 0.409 e. The lowest BCUT2D eigenvalue weighted by atomic mass is 9.90. The zero-order chi connectivity index (χ0) is 20.0. The molecule has 0 unspecified atom stereocenters. The number of rotatable bonds is 5.